The highest BCUT2D eigenvalue weighted by Crippen LogP contribution is 2.13. The Hall–Kier alpha value is -3.93. The summed E-state index contributed by atoms with van der Waals surface area (Å²) in [6.07, 6.45) is 72.1. The van der Waals surface area contributed by atoms with E-state index >= 15 is 0 Å². The molecule has 374 valence electrons. The third-order valence-electron chi connectivity index (χ3n) is 11.0. The van der Waals surface area contributed by atoms with E-state index in [0.29, 0.717) is 25.7 Å². The summed E-state index contributed by atoms with van der Waals surface area (Å²) in [7, 11) is 0. The van der Waals surface area contributed by atoms with Gasteiger partial charge >= 0.3 is 17.9 Å². The lowest BCUT2D eigenvalue weighted by Gasteiger charge is -2.18. The minimum Gasteiger partial charge on any atom is -0.462 e. The minimum absolute atomic E-state index is 0.104. The largest absolute Gasteiger partial charge is 0.462 e. The summed E-state index contributed by atoms with van der Waals surface area (Å²) in [6, 6.07) is 0. The van der Waals surface area contributed by atoms with E-state index in [2.05, 4.69) is 130 Å². The Morgan fingerprint density at radius 1 is 0.318 bits per heavy atom. The van der Waals surface area contributed by atoms with Gasteiger partial charge in [-0.05, 0) is 122 Å². The first-order valence-corrected chi connectivity index (χ1v) is 26.9. The zero-order chi connectivity index (χ0) is 47.9. The molecule has 0 saturated carbocycles. The van der Waals surface area contributed by atoms with Crippen molar-refractivity contribution in [3.05, 3.63) is 109 Å². The highest BCUT2D eigenvalue weighted by Gasteiger charge is 2.19. The summed E-state index contributed by atoms with van der Waals surface area (Å²) < 4.78 is 16.8. The Morgan fingerprint density at radius 2 is 0.621 bits per heavy atom. The molecule has 6 nitrogen and oxygen atoms in total. The number of carbonyl (C=O) groups is 3. The number of hydrogen-bond acceptors (Lipinski definition) is 6. The summed E-state index contributed by atoms with van der Waals surface area (Å²) in [5.41, 5.74) is 0. The molecule has 0 bridgehead atoms. The van der Waals surface area contributed by atoms with Crippen LogP contribution in [0.5, 0.6) is 0 Å². The fraction of sp³-hybridized carbons (Fsp3) is 0.650. The van der Waals surface area contributed by atoms with Crippen LogP contribution in [-0.2, 0) is 28.6 Å². The molecule has 0 aromatic heterocycles. The Bertz CT molecular complexity index is 1370. The van der Waals surface area contributed by atoms with Crippen LogP contribution in [0.3, 0.4) is 0 Å². The molecule has 0 aliphatic heterocycles. The highest BCUT2D eigenvalue weighted by molar-refractivity contribution is 5.71. The molecule has 0 aromatic carbocycles. The second-order valence-corrected chi connectivity index (χ2v) is 17.4. The summed E-state index contributed by atoms with van der Waals surface area (Å²) in [4.78, 5) is 38.0. The van der Waals surface area contributed by atoms with Gasteiger partial charge in [-0.15, -0.1) is 0 Å². The fourth-order valence-corrected chi connectivity index (χ4v) is 6.95. The van der Waals surface area contributed by atoms with Gasteiger partial charge in [-0.1, -0.05) is 201 Å². The Morgan fingerprint density at radius 3 is 1.03 bits per heavy atom. The van der Waals surface area contributed by atoms with E-state index in [0.717, 1.165) is 135 Å². The van der Waals surface area contributed by atoms with Crippen LogP contribution in [0.25, 0.3) is 0 Å². The molecular weight excluding hydrogens is 817 g/mol. The van der Waals surface area contributed by atoms with Crippen LogP contribution in [-0.4, -0.2) is 37.2 Å². The van der Waals surface area contributed by atoms with Gasteiger partial charge < -0.3 is 14.2 Å². The highest BCUT2D eigenvalue weighted by atomic mass is 16.6. The van der Waals surface area contributed by atoms with Gasteiger partial charge in [-0.2, -0.15) is 0 Å². The van der Waals surface area contributed by atoms with Crippen molar-refractivity contribution in [2.45, 2.75) is 239 Å². The van der Waals surface area contributed by atoms with E-state index in [9.17, 15) is 14.4 Å². The SMILES string of the molecule is CC/C=C\C/C=C\C/C=C\C/C=C\C/C=C\C/C=C\CCCCC(=O)OCC(COC(=O)CCCCCCC/C=C\C/C=C\CCC)OC(=O)CCCCCCC/C=C\CCCCCCC. The molecule has 0 heterocycles. The normalized spacial score (nSPS) is 13.0. The quantitative estimate of drug-likeness (QED) is 0.0262. The van der Waals surface area contributed by atoms with E-state index in [1.807, 2.05) is 0 Å². The molecule has 0 N–H and O–H groups in total. The molecule has 0 saturated heterocycles. The zero-order valence-corrected chi connectivity index (χ0v) is 42.7. The first-order valence-electron chi connectivity index (χ1n) is 26.9. The number of carbonyl (C=O) groups excluding carboxylic acids is 3. The fourth-order valence-electron chi connectivity index (χ4n) is 6.95. The molecule has 0 aliphatic rings. The first kappa shape index (κ1) is 62.1. The molecule has 1 unspecified atom stereocenters. The van der Waals surface area contributed by atoms with Crippen molar-refractivity contribution in [1.82, 2.24) is 0 Å². The summed E-state index contributed by atoms with van der Waals surface area (Å²) in [6.45, 7) is 6.38. The number of unbranched alkanes of at least 4 members (excludes halogenated alkanes) is 18. The van der Waals surface area contributed by atoms with E-state index in [1.54, 1.807) is 0 Å². The monoisotopic (exact) mass is 915 g/mol. The van der Waals surface area contributed by atoms with E-state index < -0.39 is 6.10 Å². The topological polar surface area (TPSA) is 78.9 Å². The van der Waals surface area contributed by atoms with Crippen molar-refractivity contribution in [2.75, 3.05) is 13.2 Å². The maximum Gasteiger partial charge on any atom is 0.306 e. The Balaban J connectivity index is 4.49. The van der Waals surface area contributed by atoms with Crippen molar-refractivity contribution in [3.8, 4) is 0 Å². The van der Waals surface area contributed by atoms with Crippen LogP contribution < -0.4 is 0 Å². The lowest BCUT2D eigenvalue weighted by molar-refractivity contribution is -0.167. The van der Waals surface area contributed by atoms with E-state index in [4.69, 9.17) is 14.2 Å². The molecular formula is C60H98O6. The molecule has 0 rings (SSSR count). The maximum absolute atomic E-state index is 12.8. The van der Waals surface area contributed by atoms with Crippen LogP contribution in [0, 0.1) is 0 Å². The van der Waals surface area contributed by atoms with Crippen molar-refractivity contribution in [2.24, 2.45) is 0 Å². The lowest BCUT2D eigenvalue weighted by Crippen LogP contribution is -2.30. The number of hydrogen-bond donors (Lipinski definition) is 0. The number of ether oxygens (including phenoxy) is 3. The molecule has 0 spiro atoms. The maximum atomic E-state index is 12.8. The second kappa shape index (κ2) is 53.7. The smallest absolute Gasteiger partial charge is 0.306 e. The van der Waals surface area contributed by atoms with Crippen molar-refractivity contribution in [1.29, 1.82) is 0 Å². The minimum atomic E-state index is -0.807. The van der Waals surface area contributed by atoms with Gasteiger partial charge in [0.25, 0.3) is 0 Å². The van der Waals surface area contributed by atoms with Gasteiger partial charge in [0.2, 0.25) is 0 Å². The molecule has 0 radical (unpaired) electrons. The second-order valence-electron chi connectivity index (χ2n) is 17.4. The molecule has 66 heavy (non-hydrogen) atoms. The van der Waals surface area contributed by atoms with Gasteiger partial charge in [0.15, 0.2) is 6.10 Å². The average Bonchev–Trinajstić information content (AvgIpc) is 3.31. The van der Waals surface area contributed by atoms with Crippen LogP contribution in [0.2, 0.25) is 0 Å². The number of esters is 3. The summed E-state index contributed by atoms with van der Waals surface area (Å²) >= 11 is 0. The van der Waals surface area contributed by atoms with Crippen molar-refractivity contribution < 1.29 is 28.6 Å². The van der Waals surface area contributed by atoms with Crippen LogP contribution in [0.1, 0.15) is 233 Å². The van der Waals surface area contributed by atoms with Crippen molar-refractivity contribution >= 4 is 17.9 Å². The average molecular weight is 915 g/mol. The van der Waals surface area contributed by atoms with Gasteiger partial charge in [-0.25, -0.2) is 0 Å². The van der Waals surface area contributed by atoms with Crippen LogP contribution in [0.15, 0.2) is 109 Å². The third kappa shape index (κ3) is 51.1. The molecule has 1 atom stereocenters. The van der Waals surface area contributed by atoms with E-state index in [1.165, 1.54) is 51.4 Å². The summed E-state index contributed by atoms with van der Waals surface area (Å²) in [5, 5.41) is 0. The number of rotatable bonds is 47. The van der Waals surface area contributed by atoms with Crippen LogP contribution >= 0.6 is 0 Å². The molecule has 0 aliphatic carbocycles. The molecule has 0 fully saturated rings. The molecule has 0 aromatic rings. The van der Waals surface area contributed by atoms with Crippen LogP contribution in [0.4, 0.5) is 0 Å². The molecule has 6 heteroatoms. The molecule has 0 amide bonds. The number of allylic oxidation sites excluding steroid dienone is 18. The predicted octanol–water partition coefficient (Wildman–Crippen LogP) is 17.9. The van der Waals surface area contributed by atoms with Crippen molar-refractivity contribution in [3.63, 3.8) is 0 Å². The summed E-state index contributed by atoms with van der Waals surface area (Å²) in [5.74, 6) is -0.975. The van der Waals surface area contributed by atoms with E-state index in [-0.39, 0.29) is 31.1 Å². The van der Waals surface area contributed by atoms with Gasteiger partial charge in [0.05, 0.1) is 0 Å². The van der Waals surface area contributed by atoms with Gasteiger partial charge in [0.1, 0.15) is 13.2 Å². The third-order valence-corrected chi connectivity index (χ3v) is 11.0. The standard InChI is InChI=1S/C60H98O6/c1-4-7-10-13-16-19-22-25-27-28-29-30-31-32-33-36-38-41-44-47-50-53-59(62)65-56-57(55-64-58(61)52-49-46-43-40-37-34-24-21-18-15-12-9-6-3)66-60(63)54-51-48-45-42-39-35-26-23-20-17-14-11-8-5-2/h7,10,12,15-16,19,21,23-27,29-30,32-33,38,41,57H,4-6,8-9,11,13-14,17-18,20,22,28,31,34-37,39-40,42-56H2,1-3H3/b10-7-,15-12-,19-16-,24-21-,26-23-,27-25-,30-29-,33-32-,41-38-. The predicted molar refractivity (Wildman–Crippen MR) is 283 cm³/mol. The first-order chi connectivity index (χ1) is 32.5. The Kier molecular flexibility index (Phi) is 50.5. The zero-order valence-electron chi connectivity index (χ0n) is 42.7. The Labute approximate surface area is 406 Å². The van der Waals surface area contributed by atoms with Gasteiger partial charge in [0, 0.05) is 19.3 Å². The lowest BCUT2D eigenvalue weighted by atomic mass is 10.1. The van der Waals surface area contributed by atoms with Gasteiger partial charge in [-0.3, -0.25) is 14.4 Å².